The lowest BCUT2D eigenvalue weighted by molar-refractivity contribution is 0.593. The van der Waals surface area contributed by atoms with Crippen LogP contribution in [-0.2, 0) is 0 Å². The molecule has 3 heterocycles. The van der Waals surface area contributed by atoms with Gasteiger partial charge in [0.1, 0.15) is 5.52 Å². The largest absolute Gasteiger partial charge is 0.355 e. The predicted octanol–water partition coefficient (Wildman–Crippen LogP) is 3.22. The summed E-state index contributed by atoms with van der Waals surface area (Å²) in [5.41, 5.74) is 2.25. The molecule has 1 fully saturated rings. The second kappa shape index (κ2) is 5.12. The average molecular weight is 323 g/mol. The monoisotopic (exact) mass is 322 g/mol. The van der Waals surface area contributed by atoms with E-state index in [1.807, 2.05) is 16.9 Å². The number of nitrogens with zero attached hydrogens (tertiary/aromatic N) is 4. The molecule has 2 aromatic rings. The van der Waals surface area contributed by atoms with Crippen LogP contribution in [0.2, 0.25) is 0 Å². The van der Waals surface area contributed by atoms with Gasteiger partial charge in [-0.2, -0.15) is 5.10 Å². The highest BCUT2D eigenvalue weighted by Crippen LogP contribution is 2.26. The topological polar surface area (TPSA) is 33.4 Å². The second-order valence-corrected chi connectivity index (χ2v) is 6.76. The summed E-state index contributed by atoms with van der Waals surface area (Å²) in [7, 11) is 0. The van der Waals surface area contributed by atoms with E-state index in [9.17, 15) is 0 Å². The first-order valence-corrected chi connectivity index (χ1v) is 7.80. The molecule has 0 aromatic carbocycles. The lowest BCUT2D eigenvalue weighted by atomic mass is 10.1. The van der Waals surface area contributed by atoms with Gasteiger partial charge in [-0.1, -0.05) is 29.8 Å². The molecule has 0 amide bonds. The maximum atomic E-state index is 4.62. The number of alkyl halides is 1. The van der Waals surface area contributed by atoms with Crippen molar-refractivity contribution in [3.63, 3.8) is 0 Å². The van der Waals surface area contributed by atoms with Gasteiger partial charge in [0.15, 0.2) is 5.82 Å². The van der Waals surface area contributed by atoms with Crippen LogP contribution in [0.25, 0.3) is 5.52 Å². The second-order valence-electron chi connectivity index (χ2n) is 5.47. The number of anilines is 1. The Morgan fingerprint density at radius 3 is 2.74 bits per heavy atom. The average Bonchev–Trinajstić information content (AvgIpc) is 2.83. The normalized spacial score (nSPS) is 17.6. The number of fused-ring (bicyclic) bond motifs is 1. The number of piperidine rings is 1. The summed E-state index contributed by atoms with van der Waals surface area (Å²) >= 11 is 3.70. The van der Waals surface area contributed by atoms with Gasteiger partial charge in [-0.15, -0.1) is 0 Å². The molecule has 1 saturated heterocycles. The van der Waals surface area contributed by atoms with E-state index in [2.05, 4.69) is 50.8 Å². The van der Waals surface area contributed by atoms with Crippen molar-refractivity contribution in [2.45, 2.75) is 37.4 Å². The van der Waals surface area contributed by atoms with Gasteiger partial charge in [0.25, 0.3) is 0 Å². The highest BCUT2D eigenvalue weighted by Gasteiger charge is 2.20. The summed E-state index contributed by atoms with van der Waals surface area (Å²) in [6.45, 7) is 6.46. The Morgan fingerprint density at radius 2 is 2.05 bits per heavy atom. The Morgan fingerprint density at radius 1 is 1.32 bits per heavy atom. The fourth-order valence-electron chi connectivity index (χ4n) is 2.51. The van der Waals surface area contributed by atoms with Crippen molar-refractivity contribution in [1.29, 1.82) is 0 Å². The number of hydrogen-bond donors (Lipinski definition) is 0. The van der Waals surface area contributed by atoms with Crippen molar-refractivity contribution in [3.8, 4) is 0 Å². The molecule has 19 heavy (non-hydrogen) atoms. The maximum Gasteiger partial charge on any atom is 0.154 e. The minimum absolute atomic E-state index is 0.445. The number of hydrogen-bond acceptors (Lipinski definition) is 3. The Kier molecular flexibility index (Phi) is 3.48. The third-order valence-electron chi connectivity index (χ3n) is 3.70. The lowest BCUT2D eigenvalue weighted by Crippen LogP contribution is -2.34. The molecule has 5 heteroatoms. The predicted molar refractivity (Wildman–Crippen MR) is 81.2 cm³/mol. The molecule has 0 atom stereocenters. The van der Waals surface area contributed by atoms with Gasteiger partial charge >= 0.3 is 0 Å². The van der Waals surface area contributed by atoms with Crippen molar-refractivity contribution in [1.82, 2.24) is 14.6 Å². The standard InChI is InChI=1S/C14H19BrN4/c1-10(2)12-9-13-14(16-5-8-19(13)17-12)18-6-3-11(15)4-7-18/h5,8-11H,3-4,6-7H2,1-2H3. The van der Waals surface area contributed by atoms with Crippen LogP contribution in [0, 0.1) is 0 Å². The van der Waals surface area contributed by atoms with Crippen molar-refractivity contribution in [2.75, 3.05) is 18.0 Å². The first-order valence-electron chi connectivity index (χ1n) is 6.88. The SMILES string of the molecule is CC(C)c1cc2c(N3CCC(Br)CC3)nccn2n1. The van der Waals surface area contributed by atoms with Crippen molar-refractivity contribution in [2.24, 2.45) is 0 Å². The molecule has 1 aliphatic heterocycles. The van der Waals surface area contributed by atoms with Crippen molar-refractivity contribution in [3.05, 3.63) is 24.2 Å². The van der Waals surface area contributed by atoms with Gasteiger partial charge in [-0.05, 0) is 24.8 Å². The van der Waals surface area contributed by atoms with Gasteiger partial charge in [0.05, 0.1) is 5.69 Å². The van der Waals surface area contributed by atoms with Crippen LogP contribution < -0.4 is 4.90 Å². The van der Waals surface area contributed by atoms with E-state index in [1.165, 1.54) is 12.8 Å². The summed E-state index contributed by atoms with van der Waals surface area (Å²) in [6.07, 6.45) is 6.13. The fraction of sp³-hybridized carbons (Fsp3) is 0.571. The zero-order valence-corrected chi connectivity index (χ0v) is 13.0. The molecule has 0 spiro atoms. The van der Waals surface area contributed by atoms with E-state index in [0.717, 1.165) is 30.1 Å². The molecule has 3 rings (SSSR count). The minimum Gasteiger partial charge on any atom is -0.355 e. The Labute approximate surface area is 121 Å². The Hall–Kier alpha value is -1.10. The van der Waals surface area contributed by atoms with Gasteiger partial charge in [-0.25, -0.2) is 9.50 Å². The molecular formula is C14H19BrN4. The summed E-state index contributed by atoms with van der Waals surface area (Å²) < 4.78 is 1.96. The van der Waals surface area contributed by atoms with Crippen molar-refractivity contribution < 1.29 is 0 Å². The van der Waals surface area contributed by atoms with Crippen LogP contribution in [0.5, 0.6) is 0 Å². The molecule has 2 aromatic heterocycles. The van der Waals surface area contributed by atoms with Gasteiger partial charge in [-0.3, -0.25) is 0 Å². The molecule has 0 radical (unpaired) electrons. The van der Waals surface area contributed by atoms with E-state index in [-0.39, 0.29) is 0 Å². The van der Waals surface area contributed by atoms with Crippen LogP contribution >= 0.6 is 15.9 Å². The van der Waals surface area contributed by atoms with Crippen LogP contribution in [0.3, 0.4) is 0 Å². The molecule has 0 bridgehead atoms. The van der Waals surface area contributed by atoms with Crippen LogP contribution in [0.1, 0.15) is 38.3 Å². The molecule has 4 nitrogen and oxygen atoms in total. The smallest absolute Gasteiger partial charge is 0.154 e. The van der Waals surface area contributed by atoms with Gasteiger partial charge in [0, 0.05) is 30.3 Å². The number of aromatic nitrogens is 3. The fourth-order valence-corrected chi connectivity index (χ4v) is 2.92. The first-order chi connectivity index (χ1) is 9.15. The third-order valence-corrected chi connectivity index (χ3v) is 4.62. The zero-order valence-electron chi connectivity index (χ0n) is 11.4. The Balaban J connectivity index is 1.98. The third kappa shape index (κ3) is 2.48. The quantitative estimate of drug-likeness (QED) is 0.796. The highest BCUT2D eigenvalue weighted by atomic mass is 79.9. The Bertz CT molecular complexity index is 570. The molecule has 1 aliphatic rings. The maximum absolute atomic E-state index is 4.62. The molecule has 0 aliphatic carbocycles. The molecule has 0 N–H and O–H groups in total. The van der Waals surface area contributed by atoms with Crippen LogP contribution in [0.15, 0.2) is 18.5 Å². The summed E-state index contributed by atoms with van der Waals surface area (Å²) in [5.74, 6) is 1.52. The lowest BCUT2D eigenvalue weighted by Gasteiger charge is -2.30. The molecule has 0 saturated carbocycles. The molecular weight excluding hydrogens is 304 g/mol. The van der Waals surface area contributed by atoms with Crippen LogP contribution in [-0.4, -0.2) is 32.5 Å². The first kappa shape index (κ1) is 12.9. The minimum atomic E-state index is 0.445. The molecule has 0 unspecified atom stereocenters. The number of rotatable bonds is 2. The van der Waals surface area contributed by atoms with Gasteiger partial charge in [0.2, 0.25) is 0 Å². The van der Waals surface area contributed by atoms with E-state index >= 15 is 0 Å². The van der Waals surface area contributed by atoms with Crippen LogP contribution in [0.4, 0.5) is 5.82 Å². The van der Waals surface area contributed by atoms with E-state index in [4.69, 9.17) is 0 Å². The summed E-state index contributed by atoms with van der Waals surface area (Å²) in [4.78, 5) is 7.60. The van der Waals surface area contributed by atoms with E-state index in [0.29, 0.717) is 10.7 Å². The zero-order chi connectivity index (χ0) is 13.4. The number of halogens is 1. The van der Waals surface area contributed by atoms with Gasteiger partial charge < -0.3 is 4.90 Å². The summed E-state index contributed by atoms with van der Waals surface area (Å²) in [5, 5.41) is 4.62. The highest BCUT2D eigenvalue weighted by molar-refractivity contribution is 9.09. The van der Waals surface area contributed by atoms with Crippen molar-refractivity contribution >= 4 is 27.3 Å². The molecule has 102 valence electrons. The summed E-state index contributed by atoms with van der Waals surface area (Å²) in [6, 6.07) is 2.17. The van der Waals surface area contributed by atoms with E-state index < -0.39 is 0 Å². The van der Waals surface area contributed by atoms with E-state index in [1.54, 1.807) is 0 Å².